The first-order chi connectivity index (χ1) is 6.93. The molecule has 0 rings (SSSR count). The summed E-state index contributed by atoms with van der Waals surface area (Å²) in [6, 6.07) is 1.83. The molecule has 0 heterocycles. The van der Waals surface area contributed by atoms with Crippen molar-refractivity contribution >= 4 is 11.9 Å². The monoisotopic (exact) mass is 211 g/mol. The smallest absolute Gasteiger partial charge is 0.330 e. The number of allylic oxidation sites excluding steroid dienone is 1. The van der Waals surface area contributed by atoms with Crippen molar-refractivity contribution in [3.05, 3.63) is 24.8 Å². The van der Waals surface area contributed by atoms with Crippen LogP contribution in [0.1, 0.15) is 13.3 Å². The lowest BCUT2D eigenvalue weighted by molar-refractivity contribution is -0.142. The van der Waals surface area contributed by atoms with Crippen LogP contribution in [0.15, 0.2) is 24.8 Å². The topological polar surface area (TPSA) is 87.4 Å². The molecule has 82 valence electrons. The van der Waals surface area contributed by atoms with E-state index in [1.807, 2.05) is 6.07 Å². The molecule has 0 saturated carbocycles. The van der Waals surface area contributed by atoms with E-state index >= 15 is 0 Å². The van der Waals surface area contributed by atoms with Crippen molar-refractivity contribution in [2.45, 2.75) is 13.3 Å². The van der Waals surface area contributed by atoms with E-state index in [4.69, 9.17) is 10.4 Å². The molecule has 0 aromatic carbocycles. The van der Waals surface area contributed by atoms with Gasteiger partial charge in [-0.25, -0.2) is 4.79 Å². The number of hydrogen-bond donors (Lipinski definition) is 1. The number of carbonyl (C=O) groups is 2. The van der Waals surface area contributed by atoms with Crippen molar-refractivity contribution in [2.75, 3.05) is 6.61 Å². The highest BCUT2D eigenvalue weighted by Gasteiger charge is 1.98. The minimum absolute atomic E-state index is 0.0970. The van der Waals surface area contributed by atoms with E-state index < -0.39 is 11.9 Å². The molecule has 0 aromatic heterocycles. The molecule has 0 saturated heterocycles. The first-order valence-electron chi connectivity index (χ1n) is 4.00. The highest BCUT2D eigenvalue weighted by atomic mass is 16.5. The molecule has 0 aliphatic carbocycles. The zero-order valence-corrected chi connectivity index (χ0v) is 8.52. The molecular formula is C10H13NO4. The number of carboxylic acids is 1. The average molecular weight is 211 g/mol. The number of ether oxygens (including phenoxy) is 1. The van der Waals surface area contributed by atoms with Gasteiger partial charge in [-0.2, -0.15) is 5.26 Å². The first-order valence-corrected chi connectivity index (χ1v) is 4.00. The van der Waals surface area contributed by atoms with E-state index in [1.165, 1.54) is 0 Å². The molecule has 5 heteroatoms. The third kappa shape index (κ3) is 18.7. The number of nitrogens with zero attached hydrogens (tertiary/aromatic N) is 1. The Bertz CT molecular complexity index is 288. The minimum Gasteiger partial charge on any atom is -0.481 e. The van der Waals surface area contributed by atoms with Crippen LogP contribution in [0.4, 0.5) is 0 Å². The van der Waals surface area contributed by atoms with Crippen LogP contribution in [0.3, 0.4) is 0 Å². The first kappa shape index (κ1) is 15.4. The van der Waals surface area contributed by atoms with E-state index in [-0.39, 0.29) is 13.0 Å². The van der Waals surface area contributed by atoms with Crippen LogP contribution in [0.5, 0.6) is 0 Å². The van der Waals surface area contributed by atoms with Crippen molar-refractivity contribution < 1.29 is 19.4 Å². The molecule has 5 nitrogen and oxygen atoms in total. The average Bonchev–Trinajstić information content (AvgIpc) is 2.17. The number of nitriles is 1. The van der Waals surface area contributed by atoms with Gasteiger partial charge in [0, 0.05) is 11.6 Å². The Balaban J connectivity index is 0. The number of carbonyl (C=O) groups excluding carboxylic acids is 1. The van der Waals surface area contributed by atoms with Crippen LogP contribution < -0.4 is 0 Å². The van der Waals surface area contributed by atoms with Crippen molar-refractivity contribution in [1.82, 2.24) is 0 Å². The van der Waals surface area contributed by atoms with Crippen LogP contribution in [0.2, 0.25) is 0 Å². The zero-order valence-electron chi connectivity index (χ0n) is 8.52. The Morgan fingerprint density at radius 1 is 1.60 bits per heavy atom. The molecule has 0 spiro atoms. The molecule has 15 heavy (non-hydrogen) atoms. The molecule has 0 radical (unpaired) electrons. The van der Waals surface area contributed by atoms with Crippen LogP contribution in [0.25, 0.3) is 0 Å². The Kier molecular flexibility index (Phi) is 10.3. The van der Waals surface area contributed by atoms with Gasteiger partial charge in [0.2, 0.25) is 0 Å². The minimum atomic E-state index is -0.989. The molecule has 0 unspecified atom stereocenters. The summed E-state index contributed by atoms with van der Waals surface area (Å²) in [4.78, 5) is 20.1. The lowest BCUT2D eigenvalue weighted by Crippen LogP contribution is -2.06. The van der Waals surface area contributed by atoms with Crippen molar-refractivity contribution in [2.24, 2.45) is 0 Å². The molecule has 0 fully saturated rings. The van der Waals surface area contributed by atoms with Gasteiger partial charge in [-0.3, -0.25) is 4.79 Å². The van der Waals surface area contributed by atoms with E-state index in [2.05, 4.69) is 17.9 Å². The van der Waals surface area contributed by atoms with Gasteiger partial charge >= 0.3 is 11.9 Å². The fraction of sp³-hybridized carbons (Fsp3) is 0.300. The summed E-state index contributed by atoms with van der Waals surface area (Å²) >= 11 is 0. The fourth-order valence-corrected chi connectivity index (χ4v) is 0.298. The maximum absolute atomic E-state index is 10.3. The Labute approximate surface area is 88.3 Å². The molecule has 0 bridgehead atoms. The fourth-order valence-electron chi connectivity index (χ4n) is 0.298. The molecule has 0 aliphatic rings. The third-order valence-electron chi connectivity index (χ3n) is 0.918. The van der Waals surface area contributed by atoms with Crippen LogP contribution in [-0.2, 0) is 14.3 Å². The highest BCUT2D eigenvalue weighted by Crippen LogP contribution is 1.83. The second-order valence-electron chi connectivity index (χ2n) is 2.41. The number of carboxylic acid groups (broad SMARTS) is 1. The largest absolute Gasteiger partial charge is 0.481 e. The number of rotatable bonds is 4. The lowest BCUT2D eigenvalue weighted by atomic mass is 10.4. The summed E-state index contributed by atoms with van der Waals surface area (Å²) in [6.45, 7) is 8.02. The van der Waals surface area contributed by atoms with Gasteiger partial charge in [0.05, 0.1) is 12.5 Å². The van der Waals surface area contributed by atoms with Gasteiger partial charge in [-0.05, 0) is 6.92 Å². The van der Waals surface area contributed by atoms with Gasteiger partial charge in [-0.1, -0.05) is 13.2 Å². The molecule has 1 N–H and O–H groups in total. The second kappa shape index (κ2) is 9.99. The van der Waals surface area contributed by atoms with Crippen LogP contribution in [-0.4, -0.2) is 23.7 Å². The van der Waals surface area contributed by atoms with Gasteiger partial charge in [0.15, 0.2) is 0 Å². The summed E-state index contributed by atoms with van der Waals surface area (Å²) in [5.74, 6) is -1.59. The third-order valence-corrected chi connectivity index (χ3v) is 0.918. The highest BCUT2D eigenvalue weighted by molar-refractivity contribution is 5.81. The maximum atomic E-state index is 10.3. The molecule has 0 aromatic rings. The predicted octanol–water partition coefficient (Wildman–Crippen LogP) is 1.28. The van der Waals surface area contributed by atoms with E-state index in [1.54, 1.807) is 6.92 Å². The van der Waals surface area contributed by atoms with E-state index in [0.717, 1.165) is 6.08 Å². The predicted molar refractivity (Wildman–Crippen MR) is 53.8 cm³/mol. The second-order valence-corrected chi connectivity index (χ2v) is 2.41. The van der Waals surface area contributed by atoms with Crippen LogP contribution >= 0.6 is 0 Å². The maximum Gasteiger partial charge on any atom is 0.330 e. The summed E-state index contributed by atoms with van der Waals surface area (Å²) in [5, 5.41) is 15.9. The molecule has 0 aliphatic heterocycles. The van der Waals surface area contributed by atoms with Gasteiger partial charge in [0.1, 0.15) is 6.61 Å². The van der Waals surface area contributed by atoms with Gasteiger partial charge in [-0.15, -0.1) is 0 Å². The lowest BCUT2D eigenvalue weighted by Gasteiger charge is -1.96. The Morgan fingerprint density at radius 3 is 2.33 bits per heavy atom. The normalized spacial score (nSPS) is 7.47. The van der Waals surface area contributed by atoms with Gasteiger partial charge in [0.25, 0.3) is 0 Å². The van der Waals surface area contributed by atoms with Crippen LogP contribution in [0, 0.1) is 11.3 Å². The Hall–Kier alpha value is -2.09. The van der Waals surface area contributed by atoms with Crippen molar-refractivity contribution in [1.29, 1.82) is 5.26 Å². The van der Waals surface area contributed by atoms with E-state index in [0.29, 0.717) is 5.57 Å². The zero-order chi connectivity index (χ0) is 12.3. The standard InChI is InChI=1S/C6H8O4.C4H5N/c1-2-6(9)10-4-3-5(7)8;1-4(2)3-5/h2H,1,3-4H2,(H,7,8);1H2,2H3. The van der Waals surface area contributed by atoms with Crippen molar-refractivity contribution in [3.63, 3.8) is 0 Å². The quantitative estimate of drug-likeness (QED) is 0.430. The SMILES string of the molecule is C=C(C)C#N.C=CC(=O)OCCC(=O)O. The summed E-state index contributed by atoms with van der Waals surface area (Å²) in [7, 11) is 0. The number of hydrogen-bond acceptors (Lipinski definition) is 4. The van der Waals surface area contributed by atoms with Gasteiger partial charge < -0.3 is 9.84 Å². The molecule has 0 amide bonds. The number of esters is 1. The van der Waals surface area contributed by atoms with E-state index in [9.17, 15) is 9.59 Å². The molecular weight excluding hydrogens is 198 g/mol. The summed E-state index contributed by atoms with van der Waals surface area (Å²) in [5.41, 5.74) is 0.560. The molecule has 0 atom stereocenters. The summed E-state index contributed by atoms with van der Waals surface area (Å²) in [6.07, 6.45) is 0.821. The Morgan fingerprint density at radius 2 is 2.07 bits per heavy atom. The number of aliphatic carboxylic acids is 1. The summed E-state index contributed by atoms with van der Waals surface area (Å²) < 4.78 is 4.36. The van der Waals surface area contributed by atoms with Crippen molar-refractivity contribution in [3.8, 4) is 6.07 Å².